The predicted molar refractivity (Wildman–Crippen MR) is 92.7 cm³/mol. The summed E-state index contributed by atoms with van der Waals surface area (Å²) in [7, 11) is 0. The topological polar surface area (TPSA) is 96.0 Å². The largest absolute Gasteiger partial charge is 0.431 e. The van der Waals surface area contributed by atoms with Crippen molar-refractivity contribution in [3.8, 4) is 0 Å². The number of nitrogens with zero attached hydrogens (tertiary/aromatic N) is 3. The van der Waals surface area contributed by atoms with Crippen LogP contribution in [0.5, 0.6) is 0 Å². The number of carbonyl (C=O) groups is 1. The van der Waals surface area contributed by atoms with Crippen LogP contribution < -0.4 is 0 Å². The van der Waals surface area contributed by atoms with Gasteiger partial charge in [-0.1, -0.05) is 23.7 Å². The van der Waals surface area contributed by atoms with Gasteiger partial charge in [-0.15, -0.1) is 0 Å². The van der Waals surface area contributed by atoms with Crippen molar-refractivity contribution in [2.75, 3.05) is 0 Å². The quantitative estimate of drug-likeness (QED) is 0.610. The molecule has 11 heteroatoms. The molecule has 3 rings (SSSR count). The molecule has 1 heterocycles. The molecule has 0 fully saturated rings. The Labute approximate surface area is 160 Å². The summed E-state index contributed by atoms with van der Waals surface area (Å²) in [5, 5.41) is 25.8. The van der Waals surface area contributed by atoms with E-state index in [1.54, 1.807) is 0 Å². The second-order valence-corrected chi connectivity index (χ2v) is 6.41. The van der Waals surface area contributed by atoms with Crippen molar-refractivity contribution in [2.45, 2.75) is 18.3 Å². The Morgan fingerprint density at radius 1 is 1.25 bits per heavy atom. The smallest absolute Gasteiger partial charge is 0.365 e. The summed E-state index contributed by atoms with van der Waals surface area (Å²) in [5.74, 6) is -1.02. The van der Waals surface area contributed by atoms with Crippen molar-refractivity contribution >= 4 is 28.9 Å². The second-order valence-electron chi connectivity index (χ2n) is 5.97. The fraction of sp³-hybridized carbons (Fsp3) is 0.176. The van der Waals surface area contributed by atoms with Crippen molar-refractivity contribution in [3.63, 3.8) is 0 Å². The number of hydrazone groups is 1. The number of halogens is 4. The van der Waals surface area contributed by atoms with Crippen molar-refractivity contribution in [3.05, 3.63) is 74.8 Å². The van der Waals surface area contributed by atoms with Crippen LogP contribution in [-0.4, -0.2) is 32.8 Å². The van der Waals surface area contributed by atoms with E-state index in [9.17, 15) is 33.2 Å². The summed E-state index contributed by atoms with van der Waals surface area (Å²) >= 11 is 5.74. The van der Waals surface area contributed by atoms with Crippen LogP contribution in [0.4, 0.5) is 18.9 Å². The molecule has 0 saturated heterocycles. The van der Waals surface area contributed by atoms with Crippen LogP contribution in [-0.2, 0) is 5.72 Å². The Morgan fingerprint density at radius 2 is 1.89 bits per heavy atom. The van der Waals surface area contributed by atoms with Gasteiger partial charge in [0.2, 0.25) is 0 Å². The second kappa shape index (κ2) is 6.88. The van der Waals surface area contributed by atoms with Gasteiger partial charge in [0.25, 0.3) is 11.6 Å². The molecular weight excluding hydrogens is 403 g/mol. The van der Waals surface area contributed by atoms with Crippen LogP contribution in [0.3, 0.4) is 0 Å². The average Bonchev–Trinajstić information content (AvgIpc) is 3.01. The first-order chi connectivity index (χ1) is 13.0. The van der Waals surface area contributed by atoms with Crippen LogP contribution in [0.1, 0.15) is 22.3 Å². The lowest BCUT2D eigenvalue weighted by molar-refractivity contribution is -0.385. The summed E-state index contributed by atoms with van der Waals surface area (Å²) in [5.41, 5.74) is -4.73. The van der Waals surface area contributed by atoms with Gasteiger partial charge >= 0.3 is 6.18 Å². The van der Waals surface area contributed by atoms with Gasteiger partial charge in [0.1, 0.15) is 5.71 Å². The molecule has 0 spiro atoms. The van der Waals surface area contributed by atoms with Gasteiger partial charge in [0.15, 0.2) is 5.72 Å². The lowest BCUT2D eigenvalue weighted by Gasteiger charge is -2.31. The first-order valence-corrected chi connectivity index (χ1v) is 8.12. The fourth-order valence-corrected chi connectivity index (χ4v) is 2.85. The highest BCUT2D eigenvalue weighted by atomic mass is 35.5. The van der Waals surface area contributed by atoms with E-state index in [1.165, 1.54) is 36.4 Å². The van der Waals surface area contributed by atoms with E-state index >= 15 is 0 Å². The molecule has 146 valence electrons. The maximum atomic E-state index is 13.2. The van der Waals surface area contributed by atoms with E-state index in [0.29, 0.717) is 5.02 Å². The van der Waals surface area contributed by atoms with Gasteiger partial charge in [-0.25, -0.2) is 0 Å². The molecule has 1 aliphatic rings. The van der Waals surface area contributed by atoms with Crippen LogP contribution in [0.2, 0.25) is 5.02 Å². The molecule has 1 atom stereocenters. The number of alkyl halides is 3. The van der Waals surface area contributed by atoms with E-state index in [0.717, 1.165) is 12.1 Å². The minimum absolute atomic E-state index is 0.0690. The number of hydrogen-bond acceptors (Lipinski definition) is 5. The Kier molecular flexibility index (Phi) is 4.86. The monoisotopic (exact) mass is 413 g/mol. The number of aliphatic hydroxyl groups is 1. The third-order valence-corrected chi connectivity index (χ3v) is 4.37. The summed E-state index contributed by atoms with van der Waals surface area (Å²) in [6.45, 7) is 0. The number of carbonyl (C=O) groups excluding carboxylic acids is 1. The molecule has 0 bridgehead atoms. The molecule has 7 nitrogen and oxygen atoms in total. The highest BCUT2D eigenvalue weighted by Gasteiger charge is 2.53. The minimum atomic E-state index is -4.90. The Hall–Kier alpha value is -2.98. The van der Waals surface area contributed by atoms with Gasteiger partial charge in [0, 0.05) is 28.3 Å². The van der Waals surface area contributed by atoms with Crippen LogP contribution in [0.15, 0.2) is 53.6 Å². The summed E-state index contributed by atoms with van der Waals surface area (Å²) in [6.07, 6.45) is -5.97. The molecule has 1 N–H and O–H groups in total. The van der Waals surface area contributed by atoms with Gasteiger partial charge in [-0.05, 0) is 24.3 Å². The molecule has 1 aliphatic heterocycles. The molecule has 2 aromatic carbocycles. The van der Waals surface area contributed by atoms with E-state index in [2.05, 4.69) is 5.10 Å². The average molecular weight is 414 g/mol. The van der Waals surface area contributed by atoms with E-state index in [1.807, 2.05) is 0 Å². The molecule has 0 unspecified atom stereocenters. The van der Waals surface area contributed by atoms with E-state index < -0.39 is 40.6 Å². The molecule has 0 aliphatic carbocycles. The van der Waals surface area contributed by atoms with Crippen molar-refractivity contribution in [2.24, 2.45) is 5.10 Å². The fourth-order valence-electron chi connectivity index (χ4n) is 2.73. The van der Waals surface area contributed by atoms with Gasteiger partial charge in [-0.2, -0.15) is 23.3 Å². The Balaban J connectivity index is 2.10. The molecule has 1 amide bonds. The normalized spacial score (nSPS) is 19.5. The van der Waals surface area contributed by atoms with Gasteiger partial charge in [-0.3, -0.25) is 14.9 Å². The number of non-ortho nitro benzene ring substituents is 1. The summed E-state index contributed by atoms with van der Waals surface area (Å²) in [6, 6.07) is 9.62. The predicted octanol–water partition coefficient (Wildman–Crippen LogP) is 3.86. The van der Waals surface area contributed by atoms with Crippen molar-refractivity contribution in [1.82, 2.24) is 5.01 Å². The molecular formula is C17H11ClF3N3O4. The summed E-state index contributed by atoms with van der Waals surface area (Å²) < 4.78 is 39.6. The number of amides is 1. The minimum Gasteiger partial charge on any atom is -0.365 e. The highest BCUT2D eigenvalue weighted by molar-refractivity contribution is 6.30. The number of nitro groups is 1. The van der Waals surface area contributed by atoms with Crippen LogP contribution in [0, 0.1) is 10.1 Å². The van der Waals surface area contributed by atoms with Gasteiger partial charge < -0.3 is 5.11 Å². The standard InChI is InChI=1S/C17H11ClF3N3O4/c18-12-6-4-10(5-7-12)15(25)23-16(26,9-14(22-23)17(19,20)21)11-2-1-3-13(8-11)24(27)28/h1-8,26H,9H2/t16-/m0/s1. The first kappa shape index (κ1) is 19.8. The Bertz CT molecular complexity index is 978. The SMILES string of the molecule is O=C(c1ccc(Cl)cc1)N1N=C(C(F)(F)F)C[C@]1(O)c1cccc([N+](=O)[O-])c1. The highest BCUT2D eigenvalue weighted by Crippen LogP contribution is 2.41. The number of rotatable bonds is 3. The number of hydrogen-bond donors (Lipinski definition) is 1. The van der Waals surface area contributed by atoms with E-state index in [-0.39, 0.29) is 16.1 Å². The van der Waals surface area contributed by atoms with Crippen LogP contribution >= 0.6 is 11.6 Å². The lowest BCUT2D eigenvalue weighted by atomic mass is 9.96. The third kappa shape index (κ3) is 3.56. The number of benzene rings is 2. The zero-order chi connectivity index (χ0) is 20.7. The Morgan fingerprint density at radius 3 is 2.46 bits per heavy atom. The summed E-state index contributed by atoms with van der Waals surface area (Å²) in [4.78, 5) is 23.0. The molecule has 2 aromatic rings. The maximum absolute atomic E-state index is 13.2. The van der Waals surface area contributed by atoms with E-state index in [4.69, 9.17) is 11.6 Å². The molecule has 28 heavy (non-hydrogen) atoms. The zero-order valence-electron chi connectivity index (χ0n) is 13.9. The maximum Gasteiger partial charge on any atom is 0.431 e. The number of nitro benzene ring substituents is 1. The molecule has 0 radical (unpaired) electrons. The van der Waals surface area contributed by atoms with Gasteiger partial charge in [0.05, 0.1) is 11.3 Å². The third-order valence-electron chi connectivity index (χ3n) is 4.12. The molecule has 0 saturated carbocycles. The van der Waals surface area contributed by atoms with Crippen molar-refractivity contribution < 1.29 is 28.0 Å². The lowest BCUT2D eigenvalue weighted by Crippen LogP contribution is -2.43. The molecule has 0 aromatic heterocycles. The first-order valence-electron chi connectivity index (χ1n) is 7.74. The van der Waals surface area contributed by atoms with Crippen LogP contribution in [0.25, 0.3) is 0 Å². The zero-order valence-corrected chi connectivity index (χ0v) is 14.6. The van der Waals surface area contributed by atoms with Crippen molar-refractivity contribution in [1.29, 1.82) is 0 Å².